The molecule has 0 radical (unpaired) electrons. The average Bonchev–Trinajstić information content (AvgIpc) is 2.90. The van der Waals surface area contributed by atoms with E-state index in [4.69, 9.17) is 9.84 Å². The summed E-state index contributed by atoms with van der Waals surface area (Å²) in [6.45, 7) is 1.36. The van der Waals surface area contributed by atoms with Gasteiger partial charge in [0.05, 0.1) is 6.20 Å². The number of aromatic carboxylic acids is 1. The molecule has 1 N–H and O–H groups in total. The molecule has 0 spiro atoms. The monoisotopic (exact) mass is 250 g/mol. The molecule has 1 aromatic rings. The van der Waals surface area contributed by atoms with Crippen LogP contribution < -0.4 is 4.74 Å². The van der Waals surface area contributed by atoms with E-state index in [2.05, 4.69) is 4.98 Å². The lowest BCUT2D eigenvalue weighted by Crippen LogP contribution is -2.32. The van der Waals surface area contributed by atoms with Gasteiger partial charge in [-0.2, -0.15) is 0 Å². The molecule has 1 fully saturated rings. The normalized spacial score (nSPS) is 14.6. The Morgan fingerprint density at radius 3 is 2.78 bits per heavy atom. The zero-order valence-corrected chi connectivity index (χ0v) is 9.83. The van der Waals surface area contributed by atoms with E-state index in [1.807, 2.05) is 0 Å². The zero-order chi connectivity index (χ0) is 13.0. The average molecular weight is 250 g/mol. The number of hydrogen-bond acceptors (Lipinski definition) is 4. The van der Waals surface area contributed by atoms with Crippen LogP contribution in [0.25, 0.3) is 0 Å². The summed E-state index contributed by atoms with van der Waals surface area (Å²) in [7, 11) is 0. The Balaban J connectivity index is 1.97. The number of rotatable bonds is 4. The van der Waals surface area contributed by atoms with Crippen molar-refractivity contribution < 1.29 is 19.4 Å². The lowest BCUT2D eigenvalue weighted by molar-refractivity contribution is -0.132. The molecule has 1 aromatic heterocycles. The SMILES string of the molecule is O=C(O)c1ccncc1OCC(=O)N1CCCC1. The van der Waals surface area contributed by atoms with Crippen LogP contribution in [0.1, 0.15) is 23.2 Å². The third-order valence-electron chi connectivity index (χ3n) is 2.82. The predicted octanol–water partition coefficient (Wildman–Crippen LogP) is 0.781. The summed E-state index contributed by atoms with van der Waals surface area (Å²) in [5.74, 6) is -1.09. The molecule has 0 saturated carbocycles. The Kier molecular flexibility index (Phi) is 3.76. The Morgan fingerprint density at radius 2 is 2.11 bits per heavy atom. The number of nitrogens with zero attached hydrogens (tertiary/aromatic N) is 2. The lowest BCUT2D eigenvalue weighted by atomic mass is 10.2. The van der Waals surface area contributed by atoms with Gasteiger partial charge in [-0.25, -0.2) is 4.79 Å². The number of carbonyl (C=O) groups excluding carboxylic acids is 1. The second-order valence-corrected chi connectivity index (χ2v) is 4.05. The van der Waals surface area contributed by atoms with Crippen LogP contribution in [-0.4, -0.2) is 46.6 Å². The first kappa shape index (κ1) is 12.3. The summed E-state index contributed by atoms with van der Waals surface area (Å²) in [5.41, 5.74) is 0.0132. The van der Waals surface area contributed by atoms with Gasteiger partial charge in [0.1, 0.15) is 5.56 Å². The number of aromatic nitrogens is 1. The number of likely N-dealkylation sites (tertiary alicyclic amines) is 1. The van der Waals surface area contributed by atoms with E-state index in [1.54, 1.807) is 4.90 Å². The minimum Gasteiger partial charge on any atom is -0.481 e. The van der Waals surface area contributed by atoms with Gasteiger partial charge in [0.2, 0.25) is 0 Å². The summed E-state index contributed by atoms with van der Waals surface area (Å²) < 4.78 is 5.24. The number of pyridine rings is 1. The summed E-state index contributed by atoms with van der Waals surface area (Å²) >= 11 is 0. The Morgan fingerprint density at radius 1 is 1.39 bits per heavy atom. The van der Waals surface area contributed by atoms with E-state index in [0.29, 0.717) is 0 Å². The van der Waals surface area contributed by atoms with Crippen LogP contribution in [0, 0.1) is 0 Å². The quantitative estimate of drug-likeness (QED) is 0.854. The maximum atomic E-state index is 11.7. The van der Waals surface area contributed by atoms with Gasteiger partial charge in [-0.15, -0.1) is 0 Å². The first-order valence-electron chi connectivity index (χ1n) is 5.76. The highest BCUT2D eigenvalue weighted by Crippen LogP contribution is 2.16. The minimum atomic E-state index is -1.10. The van der Waals surface area contributed by atoms with E-state index < -0.39 is 5.97 Å². The number of carbonyl (C=O) groups is 2. The Hall–Kier alpha value is -2.11. The van der Waals surface area contributed by atoms with Crippen molar-refractivity contribution in [2.45, 2.75) is 12.8 Å². The molecule has 2 heterocycles. The third-order valence-corrected chi connectivity index (χ3v) is 2.82. The predicted molar refractivity (Wildman–Crippen MR) is 62.5 cm³/mol. The standard InChI is InChI=1S/C12H14N2O4/c15-11(14-5-1-2-6-14)8-18-10-7-13-4-3-9(10)12(16)17/h3-4,7H,1-2,5-6,8H2,(H,16,17). The second kappa shape index (κ2) is 5.48. The Bertz CT molecular complexity index is 455. The van der Waals surface area contributed by atoms with Gasteiger partial charge in [-0.05, 0) is 18.9 Å². The van der Waals surface area contributed by atoms with Crippen LogP contribution in [0.4, 0.5) is 0 Å². The van der Waals surface area contributed by atoms with Crippen LogP contribution in [0.5, 0.6) is 5.75 Å². The molecule has 1 aliphatic heterocycles. The molecule has 1 aliphatic rings. The van der Waals surface area contributed by atoms with Gasteiger partial charge < -0.3 is 14.7 Å². The van der Waals surface area contributed by atoms with Gasteiger partial charge in [-0.1, -0.05) is 0 Å². The van der Waals surface area contributed by atoms with Crippen LogP contribution in [-0.2, 0) is 4.79 Å². The first-order chi connectivity index (χ1) is 8.68. The topological polar surface area (TPSA) is 79.7 Å². The fourth-order valence-corrected chi connectivity index (χ4v) is 1.87. The van der Waals surface area contributed by atoms with Gasteiger partial charge in [0.25, 0.3) is 5.91 Å². The van der Waals surface area contributed by atoms with Crippen molar-refractivity contribution in [3.05, 3.63) is 24.0 Å². The molecular weight excluding hydrogens is 236 g/mol. The van der Waals surface area contributed by atoms with E-state index in [1.165, 1.54) is 18.5 Å². The van der Waals surface area contributed by atoms with Crippen molar-refractivity contribution in [2.24, 2.45) is 0 Å². The zero-order valence-electron chi connectivity index (χ0n) is 9.83. The molecule has 1 amide bonds. The fraction of sp³-hybridized carbons (Fsp3) is 0.417. The summed E-state index contributed by atoms with van der Waals surface area (Å²) in [4.78, 5) is 28.2. The number of hydrogen-bond donors (Lipinski definition) is 1. The molecule has 1 saturated heterocycles. The first-order valence-corrected chi connectivity index (χ1v) is 5.76. The van der Waals surface area contributed by atoms with Crippen molar-refractivity contribution in [3.63, 3.8) is 0 Å². The molecule has 0 unspecified atom stereocenters. The largest absolute Gasteiger partial charge is 0.481 e. The highest BCUT2D eigenvalue weighted by molar-refractivity contribution is 5.90. The fourth-order valence-electron chi connectivity index (χ4n) is 1.87. The van der Waals surface area contributed by atoms with Crippen molar-refractivity contribution in [1.29, 1.82) is 0 Å². The molecule has 18 heavy (non-hydrogen) atoms. The molecular formula is C12H14N2O4. The van der Waals surface area contributed by atoms with E-state index >= 15 is 0 Å². The number of ether oxygens (including phenoxy) is 1. The summed E-state index contributed by atoms with van der Waals surface area (Å²) in [6, 6.07) is 1.35. The molecule has 0 bridgehead atoms. The number of amides is 1. The number of carboxylic acid groups (broad SMARTS) is 1. The van der Waals surface area contributed by atoms with Crippen LogP contribution in [0.15, 0.2) is 18.5 Å². The van der Waals surface area contributed by atoms with E-state index in [9.17, 15) is 9.59 Å². The second-order valence-electron chi connectivity index (χ2n) is 4.05. The van der Waals surface area contributed by atoms with Crippen LogP contribution >= 0.6 is 0 Å². The van der Waals surface area contributed by atoms with Crippen LogP contribution in [0.2, 0.25) is 0 Å². The highest BCUT2D eigenvalue weighted by atomic mass is 16.5. The smallest absolute Gasteiger partial charge is 0.339 e. The highest BCUT2D eigenvalue weighted by Gasteiger charge is 2.19. The maximum Gasteiger partial charge on any atom is 0.339 e. The van der Waals surface area contributed by atoms with E-state index in [0.717, 1.165) is 25.9 Å². The van der Waals surface area contributed by atoms with Gasteiger partial charge in [-0.3, -0.25) is 9.78 Å². The summed E-state index contributed by atoms with van der Waals surface area (Å²) in [5, 5.41) is 8.94. The van der Waals surface area contributed by atoms with Crippen molar-refractivity contribution in [2.75, 3.05) is 19.7 Å². The van der Waals surface area contributed by atoms with Crippen molar-refractivity contribution in [1.82, 2.24) is 9.88 Å². The molecule has 96 valence electrons. The molecule has 6 heteroatoms. The number of carboxylic acids is 1. The van der Waals surface area contributed by atoms with E-state index in [-0.39, 0.29) is 23.8 Å². The van der Waals surface area contributed by atoms with Gasteiger partial charge >= 0.3 is 5.97 Å². The lowest BCUT2D eigenvalue weighted by Gasteiger charge is -2.15. The van der Waals surface area contributed by atoms with Gasteiger partial charge in [0.15, 0.2) is 12.4 Å². The maximum absolute atomic E-state index is 11.7. The van der Waals surface area contributed by atoms with Crippen molar-refractivity contribution >= 4 is 11.9 Å². The van der Waals surface area contributed by atoms with Crippen LogP contribution in [0.3, 0.4) is 0 Å². The van der Waals surface area contributed by atoms with Gasteiger partial charge in [0, 0.05) is 19.3 Å². The third kappa shape index (κ3) is 2.77. The molecule has 6 nitrogen and oxygen atoms in total. The summed E-state index contributed by atoms with van der Waals surface area (Å²) in [6.07, 6.45) is 4.71. The molecule has 0 aromatic carbocycles. The van der Waals surface area contributed by atoms with Crippen molar-refractivity contribution in [3.8, 4) is 5.75 Å². The molecule has 0 aliphatic carbocycles. The minimum absolute atomic E-state index is 0.0132. The molecule has 2 rings (SSSR count). The molecule has 0 atom stereocenters. The Labute approximate surface area is 104 Å².